The monoisotopic (exact) mass is 396 g/mol. The van der Waals surface area contributed by atoms with Crippen LogP contribution in [-0.4, -0.2) is 9.38 Å². The Morgan fingerprint density at radius 1 is 0.516 bits per heavy atom. The Balaban J connectivity index is 1.83. The highest BCUT2D eigenvalue weighted by Gasteiger charge is 2.20. The fourth-order valence-electron chi connectivity index (χ4n) is 4.42. The van der Waals surface area contributed by atoms with E-state index >= 15 is 0 Å². The van der Waals surface area contributed by atoms with Crippen LogP contribution in [-0.2, 0) is 0 Å². The van der Waals surface area contributed by atoms with Crippen LogP contribution in [0.3, 0.4) is 0 Å². The van der Waals surface area contributed by atoms with Gasteiger partial charge >= 0.3 is 0 Å². The van der Waals surface area contributed by atoms with Crippen molar-refractivity contribution in [1.82, 2.24) is 9.38 Å². The number of hydrogen-bond acceptors (Lipinski definition) is 1. The van der Waals surface area contributed by atoms with E-state index in [4.69, 9.17) is 4.98 Å². The second-order valence-corrected chi connectivity index (χ2v) is 7.68. The van der Waals surface area contributed by atoms with Gasteiger partial charge in [0.05, 0.1) is 11.0 Å². The molecule has 0 atom stereocenters. The Morgan fingerprint density at radius 3 is 1.71 bits per heavy atom. The van der Waals surface area contributed by atoms with Gasteiger partial charge in [-0.1, -0.05) is 97.1 Å². The van der Waals surface area contributed by atoms with E-state index in [1.54, 1.807) is 0 Å². The van der Waals surface area contributed by atoms with E-state index in [1.807, 2.05) is 6.07 Å². The smallest absolute Gasteiger partial charge is 0.137 e. The predicted molar refractivity (Wildman–Crippen MR) is 129 cm³/mol. The lowest BCUT2D eigenvalue weighted by Crippen LogP contribution is -1.92. The topological polar surface area (TPSA) is 17.3 Å². The second kappa shape index (κ2) is 7.26. The summed E-state index contributed by atoms with van der Waals surface area (Å²) in [6.07, 6.45) is 2.11. The average Bonchev–Trinajstić information content (AvgIpc) is 3.24. The summed E-state index contributed by atoms with van der Waals surface area (Å²) in [6, 6.07) is 40.3. The van der Waals surface area contributed by atoms with Crippen molar-refractivity contribution >= 4 is 16.7 Å². The zero-order chi connectivity index (χ0) is 20.6. The molecule has 4 aromatic carbocycles. The van der Waals surface area contributed by atoms with E-state index in [1.165, 1.54) is 33.4 Å². The zero-order valence-electron chi connectivity index (χ0n) is 16.9. The van der Waals surface area contributed by atoms with E-state index in [0.29, 0.717) is 0 Å². The molecule has 2 nitrogen and oxygen atoms in total. The van der Waals surface area contributed by atoms with Crippen LogP contribution in [0.5, 0.6) is 0 Å². The number of imidazole rings is 1. The molecule has 0 radical (unpaired) electrons. The Bertz CT molecular complexity index is 1500. The first kappa shape index (κ1) is 17.7. The number of nitrogens with zero attached hydrogens (tertiary/aromatic N) is 2. The summed E-state index contributed by atoms with van der Waals surface area (Å²) in [6.45, 7) is 0. The minimum Gasteiger partial charge on any atom is -0.299 e. The molecule has 0 saturated heterocycles. The van der Waals surface area contributed by atoms with Crippen molar-refractivity contribution in [3.63, 3.8) is 0 Å². The molecule has 0 aliphatic heterocycles. The van der Waals surface area contributed by atoms with E-state index in [0.717, 1.165) is 16.7 Å². The van der Waals surface area contributed by atoms with Crippen molar-refractivity contribution in [3.8, 4) is 33.4 Å². The van der Waals surface area contributed by atoms with Crippen LogP contribution in [0.4, 0.5) is 0 Å². The van der Waals surface area contributed by atoms with Crippen LogP contribution < -0.4 is 0 Å². The Labute approximate surface area is 181 Å². The summed E-state index contributed by atoms with van der Waals surface area (Å²) in [5.41, 5.74) is 10.2. The molecule has 0 unspecified atom stereocenters. The largest absolute Gasteiger partial charge is 0.299 e. The Hall–Kier alpha value is -4.17. The lowest BCUT2D eigenvalue weighted by atomic mass is 9.89. The zero-order valence-corrected chi connectivity index (χ0v) is 16.9. The van der Waals surface area contributed by atoms with Gasteiger partial charge in [-0.15, -0.1) is 0 Å². The molecule has 2 heterocycles. The van der Waals surface area contributed by atoms with E-state index in [-0.39, 0.29) is 0 Å². The molecule has 0 spiro atoms. The second-order valence-electron chi connectivity index (χ2n) is 7.68. The molecule has 0 saturated carbocycles. The van der Waals surface area contributed by atoms with Crippen LogP contribution in [0.1, 0.15) is 0 Å². The van der Waals surface area contributed by atoms with Crippen molar-refractivity contribution in [2.45, 2.75) is 0 Å². The summed E-state index contributed by atoms with van der Waals surface area (Å²) < 4.78 is 2.21. The maximum absolute atomic E-state index is 5.13. The summed E-state index contributed by atoms with van der Waals surface area (Å²) in [7, 11) is 0. The van der Waals surface area contributed by atoms with Crippen LogP contribution >= 0.6 is 0 Å². The first-order chi connectivity index (χ1) is 15.4. The molecule has 2 heteroatoms. The van der Waals surface area contributed by atoms with Gasteiger partial charge in [-0.2, -0.15) is 0 Å². The number of aromatic nitrogens is 2. The molecule has 31 heavy (non-hydrogen) atoms. The number of fused-ring (bicyclic) bond motifs is 3. The van der Waals surface area contributed by atoms with Gasteiger partial charge in [-0.25, -0.2) is 4.98 Å². The molecule has 0 aliphatic rings. The van der Waals surface area contributed by atoms with Gasteiger partial charge in [-0.3, -0.25) is 4.40 Å². The lowest BCUT2D eigenvalue weighted by Gasteiger charge is -2.15. The van der Waals surface area contributed by atoms with Crippen molar-refractivity contribution in [1.29, 1.82) is 0 Å². The number of rotatable bonds is 3. The summed E-state index contributed by atoms with van der Waals surface area (Å²) >= 11 is 0. The van der Waals surface area contributed by atoms with E-state index < -0.39 is 0 Å². The molecule has 0 aliphatic carbocycles. The average molecular weight is 396 g/mol. The Morgan fingerprint density at radius 2 is 1.06 bits per heavy atom. The van der Waals surface area contributed by atoms with Gasteiger partial charge in [0.15, 0.2) is 0 Å². The number of pyridine rings is 1. The summed E-state index contributed by atoms with van der Waals surface area (Å²) in [5.74, 6) is 0. The highest BCUT2D eigenvalue weighted by Crippen LogP contribution is 2.42. The number of hydrogen-bond donors (Lipinski definition) is 0. The maximum atomic E-state index is 5.13. The Kier molecular flexibility index (Phi) is 4.14. The third kappa shape index (κ3) is 2.92. The third-order valence-corrected chi connectivity index (χ3v) is 5.81. The molecule has 0 fully saturated rings. The van der Waals surface area contributed by atoms with Crippen LogP contribution in [0, 0.1) is 0 Å². The standard InChI is InChI=1S/C29H20N2/c1-4-12-21(13-5-1)24-20-25(22-14-6-2-7-15-22)29-28(27(24)23-16-8-3-9-17-23)30-26-18-10-11-19-31(26)29/h1-20H. The van der Waals surface area contributed by atoms with Crippen LogP contribution in [0.25, 0.3) is 50.1 Å². The molecule has 2 aromatic heterocycles. The number of benzene rings is 4. The summed E-state index contributed by atoms with van der Waals surface area (Å²) in [4.78, 5) is 5.13. The highest BCUT2D eigenvalue weighted by molar-refractivity contribution is 6.09. The molecule has 146 valence electrons. The highest BCUT2D eigenvalue weighted by atomic mass is 15.0. The molecular weight excluding hydrogens is 376 g/mol. The van der Waals surface area contributed by atoms with Crippen molar-refractivity contribution in [2.24, 2.45) is 0 Å². The van der Waals surface area contributed by atoms with Crippen molar-refractivity contribution < 1.29 is 0 Å². The van der Waals surface area contributed by atoms with Gasteiger partial charge in [0.1, 0.15) is 5.65 Å². The van der Waals surface area contributed by atoms with E-state index in [2.05, 4.69) is 120 Å². The SMILES string of the molecule is c1ccc(-c2cc(-c3ccccc3)c3c(nc4ccccn43)c2-c2ccccc2)cc1. The predicted octanol–water partition coefficient (Wildman–Crippen LogP) is 7.49. The molecule has 6 aromatic rings. The fraction of sp³-hybridized carbons (Fsp3) is 0. The minimum atomic E-state index is 0.956. The van der Waals surface area contributed by atoms with Crippen molar-refractivity contribution in [2.75, 3.05) is 0 Å². The van der Waals surface area contributed by atoms with Gasteiger partial charge in [0, 0.05) is 17.3 Å². The third-order valence-electron chi connectivity index (χ3n) is 5.81. The fourth-order valence-corrected chi connectivity index (χ4v) is 4.42. The van der Waals surface area contributed by atoms with Crippen molar-refractivity contribution in [3.05, 3.63) is 121 Å². The molecule has 0 N–H and O–H groups in total. The first-order valence-electron chi connectivity index (χ1n) is 10.5. The minimum absolute atomic E-state index is 0.956. The molecule has 6 rings (SSSR count). The van der Waals surface area contributed by atoms with Crippen LogP contribution in [0.2, 0.25) is 0 Å². The molecule has 0 bridgehead atoms. The van der Waals surface area contributed by atoms with E-state index in [9.17, 15) is 0 Å². The van der Waals surface area contributed by atoms with Gasteiger partial charge < -0.3 is 0 Å². The maximum Gasteiger partial charge on any atom is 0.137 e. The van der Waals surface area contributed by atoms with Gasteiger partial charge in [-0.05, 0) is 40.5 Å². The van der Waals surface area contributed by atoms with Gasteiger partial charge in [0.2, 0.25) is 0 Å². The molecular formula is C29H20N2. The van der Waals surface area contributed by atoms with Gasteiger partial charge in [0.25, 0.3) is 0 Å². The quantitative estimate of drug-likeness (QED) is 0.303. The summed E-state index contributed by atoms with van der Waals surface area (Å²) in [5, 5.41) is 0. The first-order valence-corrected chi connectivity index (χ1v) is 10.5. The van der Waals surface area contributed by atoms with Crippen LogP contribution in [0.15, 0.2) is 121 Å². The normalized spacial score (nSPS) is 11.2. The molecule has 0 amide bonds. The lowest BCUT2D eigenvalue weighted by molar-refractivity contribution is 1.23.